The smallest absolute Gasteiger partial charge is 0.303 e. The van der Waals surface area contributed by atoms with Gasteiger partial charge in [0, 0.05) is 32.1 Å². The zero-order valence-electron chi connectivity index (χ0n) is 12.6. The summed E-state index contributed by atoms with van der Waals surface area (Å²) in [6.07, 6.45) is 0.873. The monoisotopic (exact) mass is 317 g/mol. The molecule has 22 heavy (non-hydrogen) atoms. The van der Waals surface area contributed by atoms with Crippen LogP contribution in [0.25, 0.3) is 0 Å². The lowest BCUT2D eigenvalue weighted by molar-refractivity contribution is -0.478. The van der Waals surface area contributed by atoms with Crippen LogP contribution in [0.3, 0.4) is 0 Å². The Morgan fingerprint density at radius 3 is 2.14 bits per heavy atom. The molecule has 0 bridgehead atoms. The number of hydrogen-bond acceptors (Lipinski definition) is 8. The van der Waals surface area contributed by atoms with Gasteiger partial charge >= 0.3 is 17.9 Å². The quantitative estimate of drug-likeness (QED) is 0.199. The van der Waals surface area contributed by atoms with Crippen molar-refractivity contribution in [3.63, 3.8) is 0 Å². The molecule has 0 rings (SSSR count). The lowest BCUT2D eigenvalue weighted by Crippen LogP contribution is -2.37. The molecule has 0 aromatic heterocycles. The summed E-state index contributed by atoms with van der Waals surface area (Å²) in [5.41, 5.74) is 0. The van der Waals surface area contributed by atoms with Crippen molar-refractivity contribution in [2.75, 3.05) is 13.2 Å². The van der Waals surface area contributed by atoms with Crippen LogP contribution in [0.1, 0.15) is 27.2 Å². The number of nitro groups is 1. The van der Waals surface area contributed by atoms with E-state index in [2.05, 4.69) is 0 Å². The lowest BCUT2D eigenvalue weighted by Gasteiger charge is -2.23. The van der Waals surface area contributed by atoms with Gasteiger partial charge in [-0.05, 0) is 6.08 Å². The highest BCUT2D eigenvalue weighted by molar-refractivity contribution is 5.68. The van der Waals surface area contributed by atoms with E-state index in [1.54, 1.807) is 0 Å². The number of hydrogen-bond donors (Lipinski definition) is 0. The predicted molar refractivity (Wildman–Crippen MR) is 73.4 cm³/mol. The second-order valence-electron chi connectivity index (χ2n) is 4.30. The van der Waals surface area contributed by atoms with E-state index < -0.39 is 35.0 Å². The Balaban J connectivity index is 4.92. The summed E-state index contributed by atoms with van der Waals surface area (Å²) in [4.78, 5) is 42.8. The largest absolute Gasteiger partial charge is 0.462 e. The minimum Gasteiger partial charge on any atom is -0.462 e. The number of carbonyl (C=O) groups excluding carboxylic acids is 3. The van der Waals surface area contributed by atoms with Crippen molar-refractivity contribution in [2.24, 2.45) is 0 Å². The molecule has 0 unspecified atom stereocenters. The Kier molecular flexibility index (Phi) is 9.15. The molecule has 0 aliphatic carbocycles. The van der Waals surface area contributed by atoms with E-state index in [9.17, 15) is 24.5 Å². The average molecular weight is 317 g/mol. The molecule has 0 spiro atoms. The number of carbonyl (C=O) groups is 3. The Labute approximate surface area is 127 Å². The summed E-state index contributed by atoms with van der Waals surface area (Å²) in [6.45, 7) is 2.91. The Bertz CT molecular complexity index is 445. The van der Waals surface area contributed by atoms with Gasteiger partial charge in [-0.1, -0.05) is 6.08 Å². The summed E-state index contributed by atoms with van der Waals surface area (Å²) in [5, 5.41) is 10.2. The van der Waals surface area contributed by atoms with Crippen molar-refractivity contribution in [1.29, 1.82) is 0 Å². The molecule has 124 valence electrons. The average Bonchev–Trinajstić information content (AvgIpc) is 2.36. The molecular formula is C13H19NO8. The van der Waals surface area contributed by atoms with E-state index >= 15 is 0 Å². The highest BCUT2D eigenvalue weighted by Crippen LogP contribution is 2.09. The first kappa shape index (κ1) is 19.6. The van der Waals surface area contributed by atoms with E-state index in [0.717, 1.165) is 13.8 Å². The molecule has 0 N–H and O–H groups in total. The number of esters is 3. The van der Waals surface area contributed by atoms with E-state index in [-0.39, 0.29) is 19.6 Å². The molecule has 0 saturated heterocycles. The van der Waals surface area contributed by atoms with Gasteiger partial charge in [0.1, 0.15) is 6.61 Å². The fourth-order valence-electron chi connectivity index (χ4n) is 1.45. The maximum atomic E-state index is 11.1. The lowest BCUT2D eigenvalue weighted by atomic mass is 10.2. The zero-order chi connectivity index (χ0) is 17.1. The van der Waals surface area contributed by atoms with Crippen LogP contribution in [0, 0.1) is 10.1 Å². The summed E-state index contributed by atoms with van der Waals surface area (Å²) < 4.78 is 14.7. The van der Waals surface area contributed by atoms with Crippen LogP contribution in [0.15, 0.2) is 12.2 Å². The van der Waals surface area contributed by atoms with Crippen molar-refractivity contribution < 1.29 is 33.5 Å². The van der Waals surface area contributed by atoms with Gasteiger partial charge in [-0.2, -0.15) is 0 Å². The maximum absolute atomic E-state index is 11.1. The molecule has 9 nitrogen and oxygen atoms in total. The summed E-state index contributed by atoms with van der Waals surface area (Å²) in [7, 11) is 0. The van der Waals surface area contributed by atoms with Crippen LogP contribution >= 0.6 is 0 Å². The Morgan fingerprint density at radius 2 is 1.68 bits per heavy atom. The van der Waals surface area contributed by atoms with Crippen molar-refractivity contribution in [2.45, 2.75) is 39.4 Å². The molecular weight excluding hydrogens is 298 g/mol. The van der Waals surface area contributed by atoms with E-state index in [4.69, 9.17) is 14.2 Å². The van der Waals surface area contributed by atoms with Crippen LogP contribution in [-0.4, -0.2) is 48.2 Å². The molecule has 0 amide bonds. The van der Waals surface area contributed by atoms with Crippen LogP contribution in [0.4, 0.5) is 0 Å². The molecule has 9 heteroatoms. The van der Waals surface area contributed by atoms with E-state index in [0.29, 0.717) is 0 Å². The Morgan fingerprint density at radius 1 is 1.09 bits per heavy atom. The van der Waals surface area contributed by atoms with Gasteiger partial charge in [0.2, 0.25) is 6.54 Å². The topological polar surface area (TPSA) is 122 Å². The third kappa shape index (κ3) is 10.4. The van der Waals surface area contributed by atoms with Crippen LogP contribution < -0.4 is 0 Å². The molecule has 0 aliphatic heterocycles. The molecule has 0 aliphatic rings. The van der Waals surface area contributed by atoms with Gasteiger partial charge in [-0.15, -0.1) is 0 Å². The van der Waals surface area contributed by atoms with Crippen molar-refractivity contribution in [1.82, 2.24) is 0 Å². The highest BCUT2D eigenvalue weighted by Gasteiger charge is 2.26. The Hall–Kier alpha value is -2.45. The van der Waals surface area contributed by atoms with Crippen molar-refractivity contribution >= 4 is 17.9 Å². The van der Waals surface area contributed by atoms with Gasteiger partial charge in [0.25, 0.3) is 0 Å². The van der Waals surface area contributed by atoms with Crippen LogP contribution in [0.5, 0.6) is 0 Å². The molecule has 2 atom stereocenters. The van der Waals surface area contributed by atoms with Crippen LogP contribution in [0.2, 0.25) is 0 Å². The van der Waals surface area contributed by atoms with E-state index in [1.165, 1.54) is 19.1 Å². The third-order valence-electron chi connectivity index (χ3n) is 2.24. The fourth-order valence-corrected chi connectivity index (χ4v) is 1.45. The van der Waals surface area contributed by atoms with Gasteiger partial charge in [-0.25, -0.2) is 0 Å². The fraction of sp³-hybridized carbons (Fsp3) is 0.615. The number of rotatable bonds is 9. The molecule has 0 fully saturated rings. The van der Waals surface area contributed by atoms with E-state index in [1.807, 2.05) is 0 Å². The summed E-state index contributed by atoms with van der Waals surface area (Å²) in [6, 6.07) is 0. The van der Waals surface area contributed by atoms with Gasteiger partial charge in [-0.3, -0.25) is 24.5 Å². The molecule has 0 aromatic rings. The minimum atomic E-state index is -1.03. The first-order valence-corrected chi connectivity index (χ1v) is 6.48. The number of ether oxygens (including phenoxy) is 3. The summed E-state index contributed by atoms with van der Waals surface area (Å²) >= 11 is 0. The molecule has 0 radical (unpaired) electrons. The second-order valence-corrected chi connectivity index (χ2v) is 4.30. The maximum Gasteiger partial charge on any atom is 0.303 e. The first-order chi connectivity index (χ1) is 10.2. The van der Waals surface area contributed by atoms with Gasteiger partial charge < -0.3 is 14.2 Å². The standard InChI is InChI=1S/C13H19NO8/c1-9(15)20-8-13(22-11(3)17)12(21-10(2)16)6-4-5-7-14(18)19/h4,6,12-13H,5,7-8H2,1-3H3/b6-4+/t12-,13+/m0/s1. The molecule has 0 aromatic carbocycles. The first-order valence-electron chi connectivity index (χ1n) is 6.48. The molecule has 0 heterocycles. The third-order valence-corrected chi connectivity index (χ3v) is 2.24. The SMILES string of the molecule is CC(=O)OC[C@@H](OC(C)=O)[C@H](/C=C/CC[N+](=O)[O-])OC(C)=O. The normalized spacial score (nSPS) is 13.2. The minimum absolute atomic E-state index is 0.116. The van der Waals surface area contributed by atoms with Gasteiger partial charge in [0.15, 0.2) is 12.2 Å². The highest BCUT2D eigenvalue weighted by atomic mass is 16.6. The number of nitrogens with zero attached hydrogens (tertiary/aromatic N) is 1. The zero-order valence-corrected chi connectivity index (χ0v) is 12.6. The van der Waals surface area contributed by atoms with Gasteiger partial charge in [0.05, 0.1) is 0 Å². The van der Waals surface area contributed by atoms with Crippen LogP contribution in [-0.2, 0) is 28.6 Å². The van der Waals surface area contributed by atoms with Crippen molar-refractivity contribution in [3.05, 3.63) is 22.3 Å². The van der Waals surface area contributed by atoms with Crippen molar-refractivity contribution in [3.8, 4) is 0 Å². The predicted octanol–water partition coefficient (Wildman–Crippen LogP) is 0.636. The summed E-state index contributed by atoms with van der Waals surface area (Å²) in [5.74, 6) is -1.87. The second kappa shape index (κ2) is 10.3. The molecule has 0 saturated carbocycles.